The van der Waals surface area contributed by atoms with Gasteiger partial charge in [0.1, 0.15) is 5.84 Å². The summed E-state index contributed by atoms with van der Waals surface area (Å²) < 4.78 is 5.22. The summed E-state index contributed by atoms with van der Waals surface area (Å²) in [5, 5.41) is 14.6. The number of oxime groups is 1. The van der Waals surface area contributed by atoms with E-state index in [0.29, 0.717) is 26.3 Å². The fourth-order valence-corrected chi connectivity index (χ4v) is 2.40. The Labute approximate surface area is 106 Å². The highest BCUT2D eigenvalue weighted by Crippen LogP contribution is 2.17. The van der Waals surface area contributed by atoms with E-state index >= 15 is 0 Å². The Morgan fingerprint density at radius 1 is 1.50 bits per heavy atom. The van der Waals surface area contributed by atoms with Gasteiger partial charge in [-0.3, -0.25) is 0 Å². The zero-order chi connectivity index (χ0) is 13.0. The van der Waals surface area contributed by atoms with E-state index in [0.717, 1.165) is 19.3 Å². The van der Waals surface area contributed by atoms with E-state index in [-0.39, 0.29) is 23.8 Å². The minimum Gasteiger partial charge on any atom is -0.409 e. The number of piperidine rings is 1. The number of ether oxygens (including phenoxy) is 1. The van der Waals surface area contributed by atoms with Crippen molar-refractivity contribution in [3.8, 4) is 0 Å². The lowest BCUT2D eigenvalue weighted by atomic mass is 9.97. The van der Waals surface area contributed by atoms with Crippen LogP contribution in [0.3, 0.4) is 0 Å². The summed E-state index contributed by atoms with van der Waals surface area (Å²) >= 11 is 0. The zero-order valence-electron chi connectivity index (χ0n) is 10.3. The number of carbonyl (C=O) groups excluding carboxylic acids is 1. The fourth-order valence-electron chi connectivity index (χ4n) is 2.40. The predicted octanol–water partition coefficient (Wildman–Crippen LogP) is -0.0567. The minimum absolute atomic E-state index is 0.0469. The summed E-state index contributed by atoms with van der Waals surface area (Å²) in [6.07, 6.45) is 2.59. The molecule has 2 rings (SSSR count). The Hall–Kier alpha value is -1.50. The van der Waals surface area contributed by atoms with E-state index in [9.17, 15) is 4.79 Å². The second kappa shape index (κ2) is 5.90. The maximum atomic E-state index is 12.0. The SMILES string of the molecule is NC(=NO)C1CCCN(C(=O)NC2CCOC2)C1. The van der Waals surface area contributed by atoms with Gasteiger partial charge in [0, 0.05) is 25.6 Å². The molecule has 2 amide bonds. The fraction of sp³-hybridized carbons (Fsp3) is 0.818. The Morgan fingerprint density at radius 2 is 2.33 bits per heavy atom. The van der Waals surface area contributed by atoms with Crippen LogP contribution in [0.2, 0.25) is 0 Å². The smallest absolute Gasteiger partial charge is 0.317 e. The maximum absolute atomic E-state index is 12.0. The van der Waals surface area contributed by atoms with Crippen LogP contribution >= 0.6 is 0 Å². The summed E-state index contributed by atoms with van der Waals surface area (Å²) in [4.78, 5) is 13.8. The number of nitrogens with zero attached hydrogens (tertiary/aromatic N) is 2. The molecule has 2 unspecified atom stereocenters. The number of nitrogens with one attached hydrogen (secondary N) is 1. The van der Waals surface area contributed by atoms with Crippen molar-refractivity contribution in [3.63, 3.8) is 0 Å². The first kappa shape index (κ1) is 12.9. The van der Waals surface area contributed by atoms with Crippen molar-refractivity contribution < 1.29 is 14.7 Å². The van der Waals surface area contributed by atoms with Crippen molar-refractivity contribution in [3.05, 3.63) is 0 Å². The van der Waals surface area contributed by atoms with Gasteiger partial charge in [-0.2, -0.15) is 0 Å². The van der Waals surface area contributed by atoms with E-state index < -0.39 is 0 Å². The van der Waals surface area contributed by atoms with Gasteiger partial charge in [0.2, 0.25) is 0 Å². The molecule has 2 aliphatic heterocycles. The van der Waals surface area contributed by atoms with Crippen LogP contribution < -0.4 is 11.1 Å². The van der Waals surface area contributed by atoms with Crippen molar-refractivity contribution in [2.45, 2.75) is 25.3 Å². The minimum atomic E-state index is -0.0825. The average Bonchev–Trinajstić information content (AvgIpc) is 2.90. The highest BCUT2D eigenvalue weighted by atomic mass is 16.5. The number of urea groups is 1. The number of amidine groups is 1. The summed E-state index contributed by atoms with van der Waals surface area (Å²) in [5.74, 6) is 0.158. The van der Waals surface area contributed by atoms with E-state index in [4.69, 9.17) is 15.7 Å². The molecule has 0 spiro atoms. The number of hydrogen-bond acceptors (Lipinski definition) is 4. The first-order chi connectivity index (χ1) is 8.70. The number of nitrogens with two attached hydrogens (primary N) is 1. The van der Waals surface area contributed by atoms with Crippen molar-refractivity contribution >= 4 is 11.9 Å². The number of carbonyl (C=O) groups is 1. The van der Waals surface area contributed by atoms with Crippen LogP contribution in [0, 0.1) is 5.92 Å². The summed E-state index contributed by atoms with van der Waals surface area (Å²) in [7, 11) is 0. The molecular weight excluding hydrogens is 236 g/mol. The van der Waals surface area contributed by atoms with Crippen LogP contribution in [0.1, 0.15) is 19.3 Å². The van der Waals surface area contributed by atoms with Crippen molar-refractivity contribution in [1.82, 2.24) is 10.2 Å². The Balaban J connectivity index is 1.85. The summed E-state index contributed by atoms with van der Waals surface area (Å²) in [5.41, 5.74) is 5.60. The van der Waals surface area contributed by atoms with Crippen molar-refractivity contribution in [2.24, 2.45) is 16.8 Å². The molecule has 4 N–H and O–H groups in total. The van der Waals surface area contributed by atoms with Gasteiger partial charge in [-0.25, -0.2) is 4.79 Å². The van der Waals surface area contributed by atoms with Gasteiger partial charge in [0.25, 0.3) is 0 Å². The second-order valence-electron chi connectivity index (χ2n) is 4.82. The van der Waals surface area contributed by atoms with E-state index in [1.165, 1.54) is 0 Å². The van der Waals surface area contributed by atoms with E-state index in [1.54, 1.807) is 4.90 Å². The molecule has 7 heteroatoms. The number of hydrogen-bond donors (Lipinski definition) is 3. The van der Waals surface area contributed by atoms with Crippen molar-refractivity contribution in [1.29, 1.82) is 0 Å². The summed E-state index contributed by atoms with van der Waals surface area (Å²) in [6.45, 7) is 2.52. The first-order valence-electron chi connectivity index (χ1n) is 6.31. The topological polar surface area (TPSA) is 100 Å². The predicted molar refractivity (Wildman–Crippen MR) is 65.5 cm³/mol. The van der Waals surface area contributed by atoms with Crippen LogP contribution in [0.25, 0.3) is 0 Å². The third kappa shape index (κ3) is 3.04. The molecule has 102 valence electrons. The molecule has 7 nitrogen and oxygen atoms in total. The molecule has 0 aromatic rings. The highest BCUT2D eigenvalue weighted by Gasteiger charge is 2.28. The molecule has 2 saturated heterocycles. The largest absolute Gasteiger partial charge is 0.409 e. The highest BCUT2D eigenvalue weighted by molar-refractivity contribution is 5.83. The molecule has 2 atom stereocenters. The normalized spacial score (nSPS) is 29.3. The van der Waals surface area contributed by atoms with E-state index in [1.807, 2.05) is 0 Å². The number of amides is 2. The zero-order valence-corrected chi connectivity index (χ0v) is 10.3. The molecule has 0 aromatic heterocycles. The molecule has 0 aromatic carbocycles. The molecule has 2 aliphatic rings. The monoisotopic (exact) mass is 256 g/mol. The van der Waals surface area contributed by atoms with Gasteiger partial charge in [0.15, 0.2) is 0 Å². The molecule has 0 radical (unpaired) electrons. The van der Waals surface area contributed by atoms with Gasteiger partial charge < -0.3 is 25.9 Å². The van der Waals surface area contributed by atoms with Crippen LogP contribution in [0.5, 0.6) is 0 Å². The lowest BCUT2D eigenvalue weighted by Crippen LogP contribution is -2.50. The number of likely N-dealkylation sites (tertiary alicyclic amines) is 1. The molecule has 18 heavy (non-hydrogen) atoms. The molecule has 2 fully saturated rings. The number of rotatable bonds is 2. The van der Waals surface area contributed by atoms with Crippen molar-refractivity contribution in [2.75, 3.05) is 26.3 Å². The first-order valence-corrected chi connectivity index (χ1v) is 6.31. The van der Waals surface area contributed by atoms with Gasteiger partial charge >= 0.3 is 6.03 Å². The molecular formula is C11H20N4O3. The van der Waals surface area contributed by atoms with Crippen LogP contribution in [0.15, 0.2) is 5.16 Å². The third-order valence-electron chi connectivity index (χ3n) is 3.50. The maximum Gasteiger partial charge on any atom is 0.317 e. The lowest BCUT2D eigenvalue weighted by molar-refractivity contribution is 0.165. The second-order valence-corrected chi connectivity index (χ2v) is 4.82. The quantitative estimate of drug-likeness (QED) is 0.279. The Kier molecular flexibility index (Phi) is 4.24. The standard InChI is InChI=1S/C11H20N4O3/c12-10(14-17)8-2-1-4-15(6-8)11(16)13-9-3-5-18-7-9/h8-9,17H,1-7H2,(H2,12,14)(H,13,16). The van der Waals surface area contributed by atoms with Gasteiger partial charge in [-0.1, -0.05) is 5.16 Å². The van der Waals surface area contributed by atoms with E-state index in [2.05, 4.69) is 10.5 Å². The third-order valence-corrected chi connectivity index (χ3v) is 3.50. The van der Waals surface area contributed by atoms with Gasteiger partial charge in [0.05, 0.1) is 12.6 Å². The molecule has 0 bridgehead atoms. The summed E-state index contributed by atoms with van der Waals surface area (Å²) in [6, 6.07) is 0.0303. The Bertz CT molecular complexity index is 328. The van der Waals surface area contributed by atoms with Gasteiger partial charge in [-0.05, 0) is 19.3 Å². The van der Waals surface area contributed by atoms with Crippen LogP contribution in [0.4, 0.5) is 4.79 Å². The molecule has 0 saturated carbocycles. The van der Waals surface area contributed by atoms with Crippen LogP contribution in [-0.4, -0.2) is 54.3 Å². The molecule has 0 aliphatic carbocycles. The molecule has 2 heterocycles. The van der Waals surface area contributed by atoms with Crippen LogP contribution in [-0.2, 0) is 4.74 Å². The average molecular weight is 256 g/mol. The Morgan fingerprint density at radius 3 is 3.00 bits per heavy atom. The lowest BCUT2D eigenvalue weighted by Gasteiger charge is -2.32. The van der Waals surface area contributed by atoms with Gasteiger partial charge in [-0.15, -0.1) is 0 Å².